The highest BCUT2D eigenvalue weighted by Crippen LogP contribution is 2.37. The summed E-state index contributed by atoms with van der Waals surface area (Å²) in [7, 11) is 0. The van der Waals surface area contributed by atoms with E-state index < -0.39 is 36.1 Å². The summed E-state index contributed by atoms with van der Waals surface area (Å²) in [6.07, 6.45) is -0.603. The van der Waals surface area contributed by atoms with Gasteiger partial charge in [0.2, 0.25) is 0 Å². The van der Waals surface area contributed by atoms with Crippen molar-refractivity contribution in [3.63, 3.8) is 0 Å². The maximum absolute atomic E-state index is 13.7. The van der Waals surface area contributed by atoms with Crippen LogP contribution in [0.1, 0.15) is 36.2 Å². The lowest BCUT2D eigenvalue weighted by Gasteiger charge is -2.21. The Labute approximate surface area is 240 Å². The van der Waals surface area contributed by atoms with E-state index in [1.807, 2.05) is 18.2 Å². The molecule has 4 aromatic rings. The van der Waals surface area contributed by atoms with Crippen molar-refractivity contribution in [1.82, 2.24) is 10.3 Å². The molecule has 1 unspecified atom stereocenters. The van der Waals surface area contributed by atoms with Gasteiger partial charge in [0.1, 0.15) is 29.5 Å². The van der Waals surface area contributed by atoms with Gasteiger partial charge in [0.25, 0.3) is 5.91 Å². The number of amides is 3. The zero-order chi connectivity index (χ0) is 29.8. The number of hydrogen-bond donors (Lipinski definition) is 4. The van der Waals surface area contributed by atoms with Gasteiger partial charge in [0, 0.05) is 16.5 Å². The second kappa shape index (κ2) is 12.3. The standard InChI is InChI=1S/C31H30F2N4O5/c32-21-8-3-17(4-9-21)20-7-13-24-25(15-20)37-28(27(24)19-5-10-22(33)11-6-19)29(38)36-16-23(41-30(34)39)12-14-26(18-1-2-18)42-31(35)40/h3-11,13,15,18,23,26,37H,1-2,12,14,16H2,(H2,34,39)(H2,35,40)(H,36,38)/t23-,26?/m0/s1. The van der Waals surface area contributed by atoms with E-state index in [0.29, 0.717) is 23.1 Å². The molecule has 3 amide bonds. The summed E-state index contributed by atoms with van der Waals surface area (Å²) in [6, 6.07) is 17.4. The van der Waals surface area contributed by atoms with Crippen LogP contribution >= 0.6 is 0 Å². The minimum absolute atomic E-state index is 0.0607. The Morgan fingerprint density at radius 2 is 1.43 bits per heavy atom. The molecular formula is C31H30F2N4O5. The van der Waals surface area contributed by atoms with Gasteiger partial charge < -0.3 is 31.2 Å². The number of halogens is 2. The molecule has 6 N–H and O–H groups in total. The van der Waals surface area contributed by atoms with Gasteiger partial charge in [-0.15, -0.1) is 0 Å². The van der Waals surface area contributed by atoms with E-state index in [2.05, 4.69) is 10.3 Å². The first-order chi connectivity index (χ1) is 20.2. The Hall–Kier alpha value is -4.93. The van der Waals surface area contributed by atoms with Crippen molar-refractivity contribution in [3.05, 3.63) is 84.1 Å². The molecule has 0 saturated heterocycles. The molecule has 0 bridgehead atoms. The Kier molecular flexibility index (Phi) is 8.37. The van der Waals surface area contributed by atoms with Crippen molar-refractivity contribution in [3.8, 4) is 22.3 Å². The Bertz CT molecular complexity index is 1600. The third kappa shape index (κ3) is 6.85. The molecule has 0 spiro atoms. The second-order valence-corrected chi connectivity index (χ2v) is 10.3. The summed E-state index contributed by atoms with van der Waals surface area (Å²) in [4.78, 5) is 39.6. The molecule has 2 atom stereocenters. The quantitative estimate of drug-likeness (QED) is 0.183. The molecule has 218 valence electrons. The number of aromatic amines is 1. The fourth-order valence-corrected chi connectivity index (χ4v) is 5.13. The average Bonchev–Trinajstić information content (AvgIpc) is 3.74. The number of carbonyl (C=O) groups is 3. The van der Waals surface area contributed by atoms with Crippen molar-refractivity contribution >= 4 is 29.0 Å². The van der Waals surface area contributed by atoms with Crippen LogP contribution in [0.3, 0.4) is 0 Å². The minimum atomic E-state index is -1.00. The van der Waals surface area contributed by atoms with Gasteiger partial charge in [-0.3, -0.25) is 4.79 Å². The topological polar surface area (TPSA) is 150 Å². The number of rotatable bonds is 11. The van der Waals surface area contributed by atoms with Crippen molar-refractivity contribution in [1.29, 1.82) is 0 Å². The molecule has 5 rings (SSSR count). The van der Waals surface area contributed by atoms with Crippen molar-refractivity contribution < 1.29 is 32.6 Å². The van der Waals surface area contributed by atoms with Crippen LogP contribution in [0.15, 0.2) is 66.7 Å². The number of ether oxygens (including phenoxy) is 2. The van der Waals surface area contributed by atoms with Crippen molar-refractivity contribution in [2.75, 3.05) is 6.54 Å². The molecule has 11 heteroatoms. The van der Waals surface area contributed by atoms with E-state index in [1.54, 1.807) is 24.3 Å². The summed E-state index contributed by atoms with van der Waals surface area (Å²) >= 11 is 0. The molecule has 9 nitrogen and oxygen atoms in total. The number of benzene rings is 3. The van der Waals surface area contributed by atoms with E-state index in [0.717, 1.165) is 29.4 Å². The maximum Gasteiger partial charge on any atom is 0.404 e. The summed E-state index contributed by atoms with van der Waals surface area (Å²) < 4.78 is 37.6. The third-order valence-corrected chi connectivity index (χ3v) is 7.30. The van der Waals surface area contributed by atoms with Gasteiger partial charge in [0.15, 0.2) is 0 Å². The van der Waals surface area contributed by atoms with Crippen LogP contribution in [0.4, 0.5) is 18.4 Å². The predicted octanol–water partition coefficient (Wildman–Crippen LogP) is 5.63. The summed E-state index contributed by atoms with van der Waals surface area (Å²) in [5.41, 5.74) is 14.1. The van der Waals surface area contributed by atoms with Gasteiger partial charge in [-0.25, -0.2) is 18.4 Å². The van der Waals surface area contributed by atoms with Gasteiger partial charge in [0.05, 0.1) is 6.54 Å². The molecule has 0 aliphatic heterocycles. The molecule has 1 aliphatic carbocycles. The van der Waals surface area contributed by atoms with E-state index >= 15 is 0 Å². The van der Waals surface area contributed by atoms with Crippen LogP contribution in [-0.2, 0) is 9.47 Å². The summed E-state index contributed by atoms with van der Waals surface area (Å²) in [5, 5.41) is 3.52. The SMILES string of the molecule is NC(=O)OC(CC[C@@H](CNC(=O)c1[nH]c2cc(-c3ccc(F)cc3)ccc2c1-c1ccc(F)cc1)OC(N)=O)C1CC1. The van der Waals surface area contributed by atoms with Crippen LogP contribution in [0, 0.1) is 17.6 Å². The van der Waals surface area contributed by atoms with Crippen LogP contribution in [0.25, 0.3) is 33.2 Å². The average molecular weight is 577 g/mol. The largest absolute Gasteiger partial charge is 0.446 e. The number of carbonyl (C=O) groups excluding carboxylic acids is 3. The van der Waals surface area contributed by atoms with E-state index in [9.17, 15) is 23.2 Å². The molecule has 42 heavy (non-hydrogen) atoms. The molecular weight excluding hydrogens is 546 g/mol. The molecule has 3 aromatic carbocycles. The Morgan fingerprint density at radius 1 is 0.833 bits per heavy atom. The van der Waals surface area contributed by atoms with Crippen molar-refractivity contribution in [2.45, 2.75) is 37.9 Å². The second-order valence-electron chi connectivity index (χ2n) is 10.3. The van der Waals surface area contributed by atoms with Crippen LogP contribution in [0.2, 0.25) is 0 Å². The molecule has 1 heterocycles. The lowest BCUT2D eigenvalue weighted by molar-refractivity contribution is 0.0598. The third-order valence-electron chi connectivity index (χ3n) is 7.30. The lowest BCUT2D eigenvalue weighted by atomic mass is 9.99. The first kappa shape index (κ1) is 28.6. The molecule has 1 aliphatic rings. The monoisotopic (exact) mass is 576 g/mol. The van der Waals surface area contributed by atoms with Gasteiger partial charge in [-0.1, -0.05) is 36.4 Å². The summed E-state index contributed by atoms with van der Waals surface area (Å²) in [6.45, 7) is -0.0607. The number of nitrogens with two attached hydrogens (primary N) is 2. The van der Waals surface area contributed by atoms with Crippen LogP contribution in [-0.4, -0.2) is 41.8 Å². The highest BCUT2D eigenvalue weighted by atomic mass is 19.1. The number of primary amides is 2. The van der Waals surface area contributed by atoms with Gasteiger partial charge in [-0.05, 0) is 78.6 Å². The fourth-order valence-electron chi connectivity index (χ4n) is 5.13. The first-order valence-electron chi connectivity index (χ1n) is 13.6. The Balaban J connectivity index is 1.40. The predicted molar refractivity (Wildman–Crippen MR) is 152 cm³/mol. The number of H-pyrrole nitrogens is 1. The van der Waals surface area contributed by atoms with Crippen LogP contribution < -0.4 is 16.8 Å². The first-order valence-corrected chi connectivity index (χ1v) is 13.6. The Morgan fingerprint density at radius 3 is 2.02 bits per heavy atom. The minimum Gasteiger partial charge on any atom is -0.446 e. The fraction of sp³-hybridized carbons (Fsp3) is 0.258. The normalized spacial score (nSPS) is 14.2. The summed E-state index contributed by atoms with van der Waals surface area (Å²) in [5.74, 6) is -1.05. The maximum atomic E-state index is 13.7. The zero-order valence-electron chi connectivity index (χ0n) is 22.6. The van der Waals surface area contributed by atoms with E-state index in [1.165, 1.54) is 24.3 Å². The van der Waals surface area contributed by atoms with E-state index in [-0.39, 0.29) is 30.4 Å². The number of fused-ring (bicyclic) bond motifs is 1. The number of hydrogen-bond acceptors (Lipinski definition) is 5. The van der Waals surface area contributed by atoms with Gasteiger partial charge in [-0.2, -0.15) is 0 Å². The zero-order valence-corrected chi connectivity index (χ0v) is 22.6. The molecule has 1 saturated carbocycles. The number of aromatic nitrogens is 1. The molecule has 1 fully saturated rings. The van der Waals surface area contributed by atoms with E-state index in [4.69, 9.17) is 20.9 Å². The van der Waals surface area contributed by atoms with Gasteiger partial charge >= 0.3 is 12.2 Å². The lowest BCUT2D eigenvalue weighted by Crippen LogP contribution is -2.37. The van der Waals surface area contributed by atoms with Crippen LogP contribution in [0.5, 0.6) is 0 Å². The molecule has 0 radical (unpaired) electrons. The number of nitrogens with one attached hydrogen (secondary N) is 2. The molecule has 1 aromatic heterocycles. The van der Waals surface area contributed by atoms with Crippen molar-refractivity contribution in [2.24, 2.45) is 17.4 Å². The highest BCUT2D eigenvalue weighted by molar-refractivity contribution is 6.10. The smallest absolute Gasteiger partial charge is 0.404 e. The highest BCUT2D eigenvalue weighted by Gasteiger charge is 2.34.